The number of aliphatic hydroxyl groups is 1. The second kappa shape index (κ2) is 7.69. The molecule has 0 radical (unpaired) electrons. The van der Waals surface area contributed by atoms with E-state index < -0.39 is 0 Å². The summed E-state index contributed by atoms with van der Waals surface area (Å²) in [6.07, 6.45) is 5.67. The molecule has 1 aliphatic carbocycles. The Morgan fingerprint density at radius 3 is 2.60 bits per heavy atom. The Balaban J connectivity index is 1.73. The van der Waals surface area contributed by atoms with E-state index in [1.807, 2.05) is 23.9 Å². The highest BCUT2D eigenvalue weighted by Crippen LogP contribution is 2.28. The van der Waals surface area contributed by atoms with E-state index in [1.54, 1.807) is 0 Å². The second-order valence-electron chi connectivity index (χ2n) is 5.62. The molecule has 0 heterocycles. The summed E-state index contributed by atoms with van der Waals surface area (Å²) in [4.78, 5) is 1.26. The van der Waals surface area contributed by atoms with Crippen LogP contribution in [0.5, 0.6) is 0 Å². The van der Waals surface area contributed by atoms with Crippen molar-refractivity contribution in [3.8, 4) is 0 Å². The lowest BCUT2D eigenvalue weighted by molar-refractivity contribution is 0.144. The number of rotatable bonds is 9. The minimum atomic E-state index is -0.0677. The number of hydrogen-bond acceptors (Lipinski definition) is 3. The quantitative estimate of drug-likeness (QED) is 0.531. The van der Waals surface area contributed by atoms with Crippen LogP contribution in [0.15, 0.2) is 29.2 Å². The SMILES string of the molecule is CCC(CO)(CCCSc1ccc(Cl)cc1)NC1CC1. The van der Waals surface area contributed by atoms with Crippen molar-refractivity contribution >= 4 is 23.4 Å². The molecule has 20 heavy (non-hydrogen) atoms. The highest BCUT2D eigenvalue weighted by molar-refractivity contribution is 7.99. The Kier molecular flexibility index (Phi) is 6.21. The van der Waals surface area contributed by atoms with Gasteiger partial charge in [-0.2, -0.15) is 0 Å². The Bertz CT molecular complexity index is 401. The molecule has 1 atom stereocenters. The summed E-state index contributed by atoms with van der Waals surface area (Å²) in [7, 11) is 0. The highest BCUT2D eigenvalue weighted by atomic mass is 35.5. The van der Waals surface area contributed by atoms with E-state index in [2.05, 4.69) is 24.4 Å². The summed E-state index contributed by atoms with van der Waals surface area (Å²) < 4.78 is 0. The van der Waals surface area contributed by atoms with Crippen LogP contribution in [0.1, 0.15) is 39.0 Å². The molecule has 1 aromatic rings. The number of benzene rings is 1. The summed E-state index contributed by atoms with van der Waals surface area (Å²) in [6.45, 7) is 2.41. The van der Waals surface area contributed by atoms with Crippen molar-refractivity contribution in [3.05, 3.63) is 29.3 Å². The van der Waals surface area contributed by atoms with Crippen LogP contribution in [0.3, 0.4) is 0 Å². The molecule has 0 aliphatic heterocycles. The summed E-state index contributed by atoms with van der Waals surface area (Å²) in [5.41, 5.74) is -0.0677. The van der Waals surface area contributed by atoms with E-state index in [4.69, 9.17) is 11.6 Å². The molecule has 1 fully saturated rings. The standard InChI is InChI=1S/C16H24ClNOS/c1-2-16(12-19,18-14-6-7-14)10-3-11-20-15-8-4-13(17)5-9-15/h4-5,8-9,14,18-19H,2-3,6-7,10-12H2,1H3. The first-order valence-corrected chi connectivity index (χ1v) is 8.81. The van der Waals surface area contributed by atoms with Crippen molar-refractivity contribution in [1.29, 1.82) is 0 Å². The first-order valence-electron chi connectivity index (χ1n) is 7.44. The molecule has 2 N–H and O–H groups in total. The zero-order valence-corrected chi connectivity index (χ0v) is 13.6. The van der Waals surface area contributed by atoms with Crippen LogP contribution >= 0.6 is 23.4 Å². The van der Waals surface area contributed by atoms with Gasteiger partial charge in [-0.3, -0.25) is 0 Å². The van der Waals surface area contributed by atoms with E-state index in [1.165, 1.54) is 17.7 Å². The van der Waals surface area contributed by atoms with Crippen LogP contribution in [-0.2, 0) is 0 Å². The normalized spacial score (nSPS) is 17.9. The predicted molar refractivity (Wildman–Crippen MR) is 87.7 cm³/mol. The molecule has 0 saturated heterocycles. The maximum atomic E-state index is 9.72. The van der Waals surface area contributed by atoms with Crippen LogP contribution < -0.4 is 5.32 Å². The van der Waals surface area contributed by atoms with E-state index in [9.17, 15) is 5.11 Å². The Morgan fingerprint density at radius 1 is 1.35 bits per heavy atom. The second-order valence-corrected chi connectivity index (χ2v) is 7.22. The molecular weight excluding hydrogens is 290 g/mol. The zero-order chi connectivity index (χ0) is 14.4. The third-order valence-electron chi connectivity index (χ3n) is 3.95. The lowest BCUT2D eigenvalue weighted by Gasteiger charge is -2.32. The largest absolute Gasteiger partial charge is 0.394 e. The first kappa shape index (κ1) is 16.2. The van der Waals surface area contributed by atoms with Crippen LogP contribution in [0.25, 0.3) is 0 Å². The van der Waals surface area contributed by atoms with Crippen molar-refractivity contribution in [3.63, 3.8) is 0 Å². The highest BCUT2D eigenvalue weighted by Gasteiger charge is 2.33. The van der Waals surface area contributed by atoms with Gasteiger partial charge in [0.25, 0.3) is 0 Å². The van der Waals surface area contributed by atoms with Gasteiger partial charge in [0.15, 0.2) is 0 Å². The van der Waals surface area contributed by atoms with Gasteiger partial charge in [0.2, 0.25) is 0 Å². The fourth-order valence-corrected chi connectivity index (χ4v) is 3.36. The molecule has 0 bridgehead atoms. The van der Waals surface area contributed by atoms with Gasteiger partial charge in [-0.05, 0) is 62.1 Å². The van der Waals surface area contributed by atoms with Gasteiger partial charge in [0, 0.05) is 21.5 Å². The van der Waals surface area contributed by atoms with E-state index in [-0.39, 0.29) is 12.1 Å². The van der Waals surface area contributed by atoms with Crippen molar-refractivity contribution in [2.24, 2.45) is 0 Å². The van der Waals surface area contributed by atoms with Gasteiger partial charge in [-0.15, -0.1) is 11.8 Å². The molecule has 1 unspecified atom stereocenters. The number of nitrogens with one attached hydrogen (secondary N) is 1. The van der Waals surface area contributed by atoms with E-state index >= 15 is 0 Å². The smallest absolute Gasteiger partial charge is 0.0613 e. The molecule has 1 aliphatic rings. The average molecular weight is 314 g/mol. The van der Waals surface area contributed by atoms with Crippen LogP contribution in [0.4, 0.5) is 0 Å². The topological polar surface area (TPSA) is 32.3 Å². The Labute approximate surface area is 131 Å². The minimum Gasteiger partial charge on any atom is -0.394 e. The number of halogens is 1. The van der Waals surface area contributed by atoms with Crippen molar-refractivity contribution in [2.75, 3.05) is 12.4 Å². The number of thioether (sulfide) groups is 1. The summed E-state index contributed by atoms with van der Waals surface area (Å²) in [5, 5.41) is 14.1. The van der Waals surface area contributed by atoms with Gasteiger partial charge < -0.3 is 10.4 Å². The lowest BCUT2D eigenvalue weighted by atomic mass is 9.91. The lowest BCUT2D eigenvalue weighted by Crippen LogP contribution is -2.49. The van der Waals surface area contributed by atoms with Gasteiger partial charge in [0.1, 0.15) is 0 Å². The van der Waals surface area contributed by atoms with Crippen LogP contribution in [0, 0.1) is 0 Å². The Hall–Kier alpha value is -0.220. The summed E-state index contributed by atoms with van der Waals surface area (Å²) in [5.74, 6) is 1.08. The molecule has 0 amide bonds. The van der Waals surface area contributed by atoms with Crippen molar-refractivity contribution < 1.29 is 5.11 Å². The van der Waals surface area contributed by atoms with Crippen LogP contribution in [-0.4, -0.2) is 29.0 Å². The monoisotopic (exact) mass is 313 g/mol. The van der Waals surface area contributed by atoms with E-state index in [0.29, 0.717) is 6.04 Å². The molecule has 2 nitrogen and oxygen atoms in total. The molecule has 112 valence electrons. The minimum absolute atomic E-state index is 0.0677. The summed E-state index contributed by atoms with van der Waals surface area (Å²) >= 11 is 7.74. The fourth-order valence-electron chi connectivity index (χ4n) is 2.38. The Morgan fingerprint density at radius 2 is 2.05 bits per heavy atom. The molecule has 0 aromatic heterocycles. The van der Waals surface area contributed by atoms with Gasteiger partial charge in [-0.1, -0.05) is 18.5 Å². The molecule has 2 rings (SSSR count). The predicted octanol–water partition coefficient (Wildman–Crippen LogP) is 4.11. The fraction of sp³-hybridized carbons (Fsp3) is 0.625. The van der Waals surface area contributed by atoms with Gasteiger partial charge in [-0.25, -0.2) is 0 Å². The van der Waals surface area contributed by atoms with E-state index in [0.717, 1.165) is 30.0 Å². The third-order valence-corrected chi connectivity index (χ3v) is 5.30. The van der Waals surface area contributed by atoms with Crippen molar-refractivity contribution in [2.45, 2.75) is 55.5 Å². The van der Waals surface area contributed by atoms with Gasteiger partial charge in [0.05, 0.1) is 6.61 Å². The molecule has 1 saturated carbocycles. The molecule has 0 spiro atoms. The first-order chi connectivity index (χ1) is 9.67. The maximum absolute atomic E-state index is 9.72. The molecule has 1 aromatic carbocycles. The van der Waals surface area contributed by atoms with Crippen molar-refractivity contribution in [1.82, 2.24) is 5.32 Å². The number of aliphatic hydroxyl groups excluding tert-OH is 1. The number of hydrogen-bond donors (Lipinski definition) is 2. The van der Waals surface area contributed by atoms with Crippen LogP contribution in [0.2, 0.25) is 5.02 Å². The molecular formula is C16H24ClNOS. The third kappa shape index (κ3) is 4.96. The summed E-state index contributed by atoms with van der Waals surface area (Å²) in [6, 6.07) is 8.64. The molecule has 4 heteroatoms. The zero-order valence-electron chi connectivity index (χ0n) is 12.1. The maximum Gasteiger partial charge on any atom is 0.0613 e. The van der Waals surface area contributed by atoms with Gasteiger partial charge >= 0.3 is 0 Å². The average Bonchev–Trinajstić information content (AvgIpc) is 3.28.